The minimum absolute atomic E-state index is 0.0975. The zero-order valence-electron chi connectivity index (χ0n) is 5.82. The van der Waals surface area contributed by atoms with Crippen molar-refractivity contribution in [1.82, 2.24) is 0 Å². The van der Waals surface area contributed by atoms with E-state index in [1.54, 1.807) is 6.08 Å². The summed E-state index contributed by atoms with van der Waals surface area (Å²) in [5.41, 5.74) is 1.04. The average Bonchev–Trinajstić information content (AvgIpc) is 1.83. The van der Waals surface area contributed by atoms with Gasteiger partial charge in [-0.05, 0) is 13.3 Å². The molecule has 0 aliphatic rings. The maximum atomic E-state index is 11.5. The molecule has 0 aliphatic heterocycles. The first-order valence-corrected chi connectivity index (χ1v) is 3.10. The molecule has 0 saturated heterocycles. The Morgan fingerprint density at radius 1 is 1.56 bits per heavy atom. The van der Waals surface area contributed by atoms with E-state index in [2.05, 4.69) is 0 Å². The molecule has 0 spiro atoms. The molecule has 0 rings (SSSR count). The summed E-state index contributed by atoms with van der Waals surface area (Å²) in [6, 6.07) is 0. The lowest BCUT2D eigenvalue weighted by atomic mass is 10.2. The minimum Gasteiger partial charge on any atom is -0.210 e. The fraction of sp³-hybridized carbons (Fsp3) is 0.714. The maximum Gasteiger partial charge on any atom is 0.242 e. The number of rotatable bonds is 3. The van der Waals surface area contributed by atoms with Crippen molar-refractivity contribution < 1.29 is 8.78 Å². The lowest BCUT2D eigenvalue weighted by molar-refractivity contribution is 0.152. The van der Waals surface area contributed by atoms with Gasteiger partial charge in [0.05, 0.1) is 0 Å². The van der Waals surface area contributed by atoms with Crippen molar-refractivity contribution in [1.29, 1.82) is 0 Å². The van der Waals surface area contributed by atoms with Gasteiger partial charge in [-0.3, -0.25) is 0 Å². The van der Waals surface area contributed by atoms with Crippen molar-refractivity contribution in [2.75, 3.05) is 0 Å². The van der Waals surface area contributed by atoms with Crippen LogP contribution in [0.4, 0.5) is 8.78 Å². The van der Waals surface area contributed by atoms with E-state index in [4.69, 9.17) is 0 Å². The fourth-order valence-electron chi connectivity index (χ4n) is 0.435. The van der Waals surface area contributed by atoms with Crippen LogP contribution < -0.4 is 0 Å². The predicted molar refractivity (Wildman–Crippen MR) is 34.7 cm³/mol. The van der Waals surface area contributed by atoms with Crippen molar-refractivity contribution in [2.24, 2.45) is 0 Å². The van der Waals surface area contributed by atoms with Gasteiger partial charge in [-0.2, -0.15) is 0 Å². The third-order valence-corrected chi connectivity index (χ3v) is 1.20. The Kier molecular flexibility index (Phi) is 4.28. The van der Waals surface area contributed by atoms with Gasteiger partial charge in [0, 0.05) is 6.42 Å². The van der Waals surface area contributed by atoms with E-state index in [1.165, 1.54) is 0 Å². The van der Waals surface area contributed by atoms with Crippen LogP contribution in [-0.4, -0.2) is 6.43 Å². The van der Waals surface area contributed by atoms with Gasteiger partial charge in [0.2, 0.25) is 6.43 Å². The van der Waals surface area contributed by atoms with Crippen LogP contribution in [-0.2, 0) is 0 Å². The summed E-state index contributed by atoms with van der Waals surface area (Å²) in [5.74, 6) is 0. The molecule has 2 heteroatoms. The van der Waals surface area contributed by atoms with Crippen LogP contribution >= 0.6 is 0 Å². The van der Waals surface area contributed by atoms with Gasteiger partial charge in [-0.15, -0.1) is 0 Å². The fourth-order valence-corrected chi connectivity index (χ4v) is 0.435. The zero-order valence-corrected chi connectivity index (χ0v) is 5.82. The molecule has 0 atom stereocenters. The summed E-state index contributed by atoms with van der Waals surface area (Å²) in [7, 11) is 0. The normalized spacial score (nSPS) is 12.8. The summed E-state index contributed by atoms with van der Waals surface area (Å²) in [6.45, 7) is 3.82. The topological polar surface area (TPSA) is 0 Å². The third-order valence-electron chi connectivity index (χ3n) is 1.20. The van der Waals surface area contributed by atoms with Gasteiger partial charge < -0.3 is 0 Å². The molecule has 0 aromatic carbocycles. The molecule has 0 aliphatic carbocycles. The summed E-state index contributed by atoms with van der Waals surface area (Å²) in [5, 5.41) is 0. The summed E-state index contributed by atoms with van der Waals surface area (Å²) < 4.78 is 23.0. The van der Waals surface area contributed by atoms with Gasteiger partial charge in [0.1, 0.15) is 0 Å². The van der Waals surface area contributed by atoms with Gasteiger partial charge >= 0.3 is 0 Å². The number of hydrogen-bond acceptors (Lipinski definition) is 0. The predicted octanol–water partition coefficient (Wildman–Crippen LogP) is 3.00. The quantitative estimate of drug-likeness (QED) is 0.520. The Morgan fingerprint density at radius 2 is 2.11 bits per heavy atom. The molecule has 0 amide bonds. The van der Waals surface area contributed by atoms with Crippen LogP contribution in [0.5, 0.6) is 0 Å². The maximum absolute atomic E-state index is 11.5. The van der Waals surface area contributed by atoms with Crippen LogP contribution in [0.15, 0.2) is 11.6 Å². The van der Waals surface area contributed by atoms with Crippen molar-refractivity contribution in [2.45, 2.75) is 33.1 Å². The van der Waals surface area contributed by atoms with Crippen molar-refractivity contribution in [3.63, 3.8) is 0 Å². The molecule has 0 aromatic heterocycles. The van der Waals surface area contributed by atoms with Crippen molar-refractivity contribution in [3.05, 3.63) is 11.6 Å². The molecule has 9 heavy (non-hydrogen) atoms. The standard InChI is InChI=1S/C7H12F2/c1-3-6(2)4-5-7(8)9/h4,7H,3,5H2,1-2H3/b6-4+. The van der Waals surface area contributed by atoms with Crippen LogP contribution in [0.2, 0.25) is 0 Å². The monoisotopic (exact) mass is 134 g/mol. The number of halogens is 2. The molecule has 0 N–H and O–H groups in total. The minimum atomic E-state index is -2.19. The number of hydrogen-bond donors (Lipinski definition) is 0. The molecular formula is C7H12F2. The van der Waals surface area contributed by atoms with Gasteiger partial charge in [-0.1, -0.05) is 18.6 Å². The first-order chi connectivity index (χ1) is 4.16. The Bertz CT molecular complexity index is 95.1. The number of allylic oxidation sites excluding steroid dienone is 2. The summed E-state index contributed by atoms with van der Waals surface area (Å²) in [4.78, 5) is 0. The van der Waals surface area contributed by atoms with Gasteiger partial charge in [-0.25, -0.2) is 8.78 Å². The van der Waals surface area contributed by atoms with E-state index in [0.717, 1.165) is 12.0 Å². The van der Waals surface area contributed by atoms with E-state index in [0.29, 0.717) is 0 Å². The molecule has 0 nitrogen and oxygen atoms in total. The van der Waals surface area contributed by atoms with Gasteiger partial charge in [0.25, 0.3) is 0 Å². The second-order valence-electron chi connectivity index (χ2n) is 2.03. The zero-order chi connectivity index (χ0) is 7.28. The van der Waals surface area contributed by atoms with Gasteiger partial charge in [0.15, 0.2) is 0 Å². The SMILES string of the molecule is CC/C(C)=C/CC(F)F. The highest BCUT2D eigenvalue weighted by Crippen LogP contribution is 2.05. The largest absolute Gasteiger partial charge is 0.242 e. The van der Waals surface area contributed by atoms with E-state index in [-0.39, 0.29) is 6.42 Å². The molecule has 0 unspecified atom stereocenters. The molecule has 0 radical (unpaired) electrons. The van der Waals surface area contributed by atoms with Crippen LogP contribution in [0.3, 0.4) is 0 Å². The summed E-state index contributed by atoms with van der Waals surface area (Å²) in [6.07, 6.45) is 0.170. The molecule has 0 aromatic rings. The highest BCUT2D eigenvalue weighted by atomic mass is 19.3. The summed E-state index contributed by atoms with van der Waals surface area (Å²) >= 11 is 0. The Morgan fingerprint density at radius 3 is 2.44 bits per heavy atom. The van der Waals surface area contributed by atoms with E-state index < -0.39 is 6.43 Å². The van der Waals surface area contributed by atoms with E-state index in [9.17, 15) is 8.78 Å². The smallest absolute Gasteiger partial charge is 0.210 e. The first kappa shape index (κ1) is 8.60. The molecule has 0 fully saturated rings. The Hall–Kier alpha value is -0.400. The third kappa shape index (κ3) is 5.47. The molecule has 0 heterocycles. The van der Waals surface area contributed by atoms with E-state index >= 15 is 0 Å². The molecule has 0 saturated carbocycles. The highest BCUT2D eigenvalue weighted by molar-refractivity contribution is 4.96. The lowest BCUT2D eigenvalue weighted by Crippen LogP contribution is -1.85. The number of alkyl halides is 2. The van der Waals surface area contributed by atoms with Crippen molar-refractivity contribution in [3.8, 4) is 0 Å². The van der Waals surface area contributed by atoms with Crippen LogP contribution in [0.1, 0.15) is 26.7 Å². The molecule has 0 bridgehead atoms. The Balaban J connectivity index is 3.43. The molecular weight excluding hydrogens is 122 g/mol. The lowest BCUT2D eigenvalue weighted by Gasteiger charge is -1.93. The first-order valence-electron chi connectivity index (χ1n) is 3.10. The van der Waals surface area contributed by atoms with Crippen LogP contribution in [0.25, 0.3) is 0 Å². The van der Waals surface area contributed by atoms with Crippen molar-refractivity contribution >= 4 is 0 Å². The second kappa shape index (κ2) is 4.48. The Labute approximate surface area is 54.6 Å². The second-order valence-corrected chi connectivity index (χ2v) is 2.03. The molecule has 54 valence electrons. The average molecular weight is 134 g/mol. The highest BCUT2D eigenvalue weighted by Gasteiger charge is 1.96. The van der Waals surface area contributed by atoms with E-state index in [1.807, 2.05) is 13.8 Å². The van der Waals surface area contributed by atoms with Crippen LogP contribution in [0, 0.1) is 0 Å².